The van der Waals surface area contributed by atoms with Gasteiger partial charge in [-0.2, -0.15) is 0 Å². The van der Waals surface area contributed by atoms with Crippen LogP contribution in [0.15, 0.2) is 12.7 Å². The van der Waals surface area contributed by atoms with Gasteiger partial charge < -0.3 is 9.47 Å². The first-order valence-corrected chi connectivity index (χ1v) is 4.87. The van der Waals surface area contributed by atoms with Gasteiger partial charge in [0.05, 0.1) is 25.9 Å². The van der Waals surface area contributed by atoms with Gasteiger partial charge in [-0.1, -0.05) is 6.08 Å². The first-order valence-electron chi connectivity index (χ1n) is 4.87. The molecular formula is C10H19NO2. The van der Waals surface area contributed by atoms with Crippen molar-refractivity contribution in [2.24, 2.45) is 0 Å². The minimum atomic E-state index is 0.168. The summed E-state index contributed by atoms with van der Waals surface area (Å²) in [4.78, 5) is 2.36. The van der Waals surface area contributed by atoms with Gasteiger partial charge in [-0.15, -0.1) is 6.58 Å². The number of morpholine rings is 1. The molecule has 1 aliphatic heterocycles. The second kappa shape index (κ2) is 6.13. The zero-order valence-corrected chi connectivity index (χ0v) is 8.37. The summed E-state index contributed by atoms with van der Waals surface area (Å²) in [6.07, 6.45) is 1.99. The van der Waals surface area contributed by atoms with Gasteiger partial charge >= 0.3 is 0 Å². The molecule has 1 rings (SSSR count). The molecule has 1 aliphatic rings. The van der Waals surface area contributed by atoms with Crippen LogP contribution in [0, 0.1) is 0 Å². The molecule has 0 aliphatic carbocycles. The summed E-state index contributed by atoms with van der Waals surface area (Å²) in [5, 5.41) is 0. The lowest BCUT2D eigenvalue weighted by Crippen LogP contribution is -2.38. The van der Waals surface area contributed by atoms with E-state index in [1.165, 1.54) is 0 Å². The Balaban J connectivity index is 2.01. The van der Waals surface area contributed by atoms with Crippen molar-refractivity contribution in [3.05, 3.63) is 12.7 Å². The molecule has 13 heavy (non-hydrogen) atoms. The Hall–Kier alpha value is -0.380. The molecule has 0 N–H and O–H groups in total. The molecule has 76 valence electrons. The standard InChI is InChI=1S/C10H19NO2/c1-3-10(2)13-9-6-11-4-7-12-8-5-11/h3,10H,1,4-9H2,2H3. The van der Waals surface area contributed by atoms with E-state index in [-0.39, 0.29) is 6.10 Å². The molecule has 1 heterocycles. The van der Waals surface area contributed by atoms with Crippen LogP contribution in [0.4, 0.5) is 0 Å². The molecule has 0 radical (unpaired) electrons. The summed E-state index contributed by atoms with van der Waals surface area (Å²) in [6, 6.07) is 0. The van der Waals surface area contributed by atoms with Crippen molar-refractivity contribution in [2.45, 2.75) is 13.0 Å². The third-order valence-corrected chi connectivity index (χ3v) is 2.22. The summed E-state index contributed by atoms with van der Waals surface area (Å²) in [7, 11) is 0. The van der Waals surface area contributed by atoms with Crippen molar-refractivity contribution >= 4 is 0 Å². The second-order valence-corrected chi connectivity index (χ2v) is 3.27. The van der Waals surface area contributed by atoms with Crippen LogP contribution in [0.3, 0.4) is 0 Å². The maximum Gasteiger partial charge on any atom is 0.0725 e. The number of ether oxygens (including phenoxy) is 2. The fraction of sp³-hybridized carbons (Fsp3) is 0.800. The average molecular weight is 185 g/mol. The molecule has 1 atom stereocenters. The van der Waals surface area contributed by atoms with E-state index in [2.05, 4.69) is 11.5 Å². The molecule has 0 bridgehead atoms. The fourth-order valence-electron chi connectivity index (χ4n) is 1.26. The molecule has 3 heteroatoms. The van der Waals surface area contributed by atoms with E-state index in [0.29, 0.717) is 0 Å². The predicted octanol–water partition coefficient (Wildman–Crippen LogP) is 0.910. The zero-order chi connectivity index (χ0) is 9.52. The van der Waals surface area contributed by atoms with Crippen molar-refractivity contribution < 1.29 is 9.47 Å². The van der Waals surface area contributed by atoms with Crippen LogP contribution in [0.5, 0.6) is 0 Å². The molecular weight excluding hydrogens is 166 g/mol. The fourth-order valence-corrected chi connectivity index (χ4v) is 1.26. The van der Waals surface area contributed by atoms with Gasteiger partial charge in [0.1, 0.15) is 0 Å². The SMILES string of the molecule is C=CC(C)OCCN1CCOCC1. The Morgan fingerprint density at radius 3 is 2.85 bits per heavy atom. The van der Waals surface area contributed by atoms with Gasteiger partial charge in [0.15, 0.2) is 0 Å². The highest BCUT2D eigenvalue weighted by molar-refractivity contribution is 4.75. The number of hydrogen-bond acceptors (Lipinski definition) is 3. The summed E-state index contributed by atoms with van der Waals surface area (Å²) < 4.78 is 10.7. The van der Waals surface area contributed by atoms with E-state index in [1.807, 2.05) is 13.0 Å². The van der Waals surface area contributed by atoms with E-state index in [4.69, 9.17) is 9.47 Å². The highest BCUT2D eigenvalue weighted by atomic mass is 16.5. The van der Waals surface area contributed by atoms with Crippen molar-refractivity contribution in [1.29, 1.82) is 0 Å². The van der Waals surface area contributed by atoms with E-state index in [1.54, 1.807) is 0 Å². The van der Waals surface area contributed by atoms with Gasteiger partial charge in [-0.25, -0.2) is 0 Å². The third-order valence-electron chi connectivity index (χ3n) is 2.22. The number of nitrogens with zero attached hydrogens (tertiary/aromatic N) is 1. The Labute approximate surface area is 80.3 Å². The maximum absolute atomic E-state index is 5.49. The molecule has 1 unspecified atom stereocenters. The third kappa shape index (κ3) is 4.41. The van der Waals surface area contributed by atoms with Gasteiger partial charge in [0.2, 0.25) is 0 Å². The lowest BCUT2D eigenvalue weighted by atomic mass is 10.4. The largest absolute Gasteiger partial charge is 0.379 e. The van der Waals surface area contributed by atoms with Crippen molar-refractivity contribution in [3.63, 3.8) is 0 Å². The summed E-state index contributed by atoms with van der Waals surface area (Å²) >= 11 is 0. The summed E-state index contributed by atoms with van der Waals surface area (Å²) in [5.74, 6) is 0. The second-order valence-electron chi connectivity index (χ2n) is 3.27. The van der Waals surface area contributed by atoms with Gasteiger partial charge in [0.25, 0.3) is 0 Å². The Morgan fingerprint density at radius 1 is 1.54 bits per heavy atom. The maximum atomic E-state index is 5.49. The first-order chi connectivity index (χ1) is 6.33. The highest BCUT2D eigenvalue weighted by Crippen LogP contribution is 1.97. The Morgan fingerprint density at radius 2 is 2.23 bits per heavy atom. The Kier molecular flexibility index (Phi) is 5.05. The van der Waals surface area contributed by atoms with E-state index >= 15 is 0 Å². The van der Waals surface area contributed by atoms with Crippen LogP contribution in [-0.2, 0) is 9.47 Å². The molecule has 0 aromatic carbocycles. The van der Waals surface area contributed by atoms with Crippen LogP contribution in [-0.4, -0.2) is 50.5 Å². The smallest absolute Gasteiger partial charge is 0.0725 e. The minimum absolute atomic E-state index is 0.168. The average Bonchev–Trinajstić information content (AvgIpc) is 2.19. The van der Waals surface area contributed by atoms with Crippen LogP contribution in [0.25, 0.3) is 0 Å². The van der Waals surface area contributed by atoms with E-state index in [9.17, 15) is 0 Å². The molecule has 0 spiro atoms. The quantitative estimate of drug-likeness (QED) is 0.594. The van der Waals surface area contributed by atoms with Crippen molar-refractivity contribution in [3.8, 4) is 0 Å². The first kappa shape index (κ1) is 10.7. The lowest BCUT2D eigenvalue weighted by molar-refractivity contribution is 0.0141. The molecule has 1 saturated heterocycles. The molecule has 1 fully saturated rings. The molecule has 0 aromatic rings. The van der Waals surface area contributed by atoms with Crippen LogP contribution < -0.4 is 0 Å². The monoisotopic (exact) mass is 185 g/mol. The van der Waals surface area contributed by atoms with Crippen LogP contribution in [0.2, 0.25) is 0 Å². The van der Waals surface area contributed by atoms with E-state index in [0.717, 1.165) is 39.5 Å². The Bertz CT molecular complexity index is 144. The summed E-state index contributed by atoms with van der Waals surface area (Å²) in [6.45, 7) is 11.2. The molecule has 0 aromatic heterocycles. The topological polar surface area (TPSA) is 21.7 Å². The van der Waals surface area contributed by atoms with Gasteiger partial charge in [-0.3, -0.25) is 4.90 Å². The predicted molar refractivity (Wildman–Crippen MR) is 52.9 cm³/mol. The zero-order valence-electron chi connectivity index (χ0n) is 8.37. The summed E-state index contributed by atoms with van der Waals surface area (Å²) in [5.41, 5.74) is 0. The molecule has 0 amide bonds. The minimum Gasteiger partial charge on any atom is -0.379 e. The molecule has 0 saturated carbocycles. The van der Waals surface area contributed by atoms with E-state index < -0.39 is 0 Å². The van der Waals surface area contributed by atoms with Crippen LogP contribution in [0.1, 0.15) is 6.92 Å². The van der Waals surface area contributed by atoms with Crippen molar-refractivity contribution in [1.82, 2.24) is 4.90 Å². The van der Waals surface area contributed by atoms with Gasteiger partial charge in [-0.05, 0) is 6.92 Å². The number of hydrogen-bond donors (Lipinski definition) is 0. The highest BCUT2D eigenvalue weighted by Gasteiger charge is 2.09. The lowest BCUT2D eigenvalue weighted by Gasteiger charge is -2.26. The van der Waals surface area contributed by atoms with Gasteiger partial charge in [0, 0.05) is 19.6 Å². The normalized spacial score (nSPS) is 21.3. The van der Waals surface area contributed by atoms with Crippen LogP contribution >= 0.6 is 0 Å². The number of rotatable bonds is 5. The van der Waals surface area contributed by atoms with Crippen molar-refractivity contribution in [2.75, 3.05) is 39.5 Å². The molecule has 3 nitrogen and oxygen atoms in total.